The molecular weight excluding hydrogens is 459 g/mol. The summed E-state index contributed by atoms with van der Waals surface area (Å²) in [5.41, 5.74) is 2.48. The molecule has 11 heteroatoms. The second-order valence-corrected chi connectivity index (χ2v) is 9.79. The van der Waals surface area contributed by atoms with Gasteiger partial charge in [-0.15, -0.1) is 0 Å². The predicted molar refractivity (Wildman–Crippen MR) is 116 cm³/mol. The monoisotopic (exact) mass is 485 g/mol. The zero-order chi connectivity index (χ0) is 24.2. The molecule has 0 saturated carbocycles. The van der Waals surface area contributed by atoms with E-state index >= 15 is 0 Å². The van der Waals surface area contributed by atoms with Gasteiger partial charge in [0.2, 0.25) is 10.0 Å². The molecule has 0 spiro atoms. The number of carbonyl (C=O) groups is 1. The van der Waals surface area contributed by atoms with E-state index in [0.29, 0.717) is 5.56 Å². The van der Waals surface area contributed by atoms with E-state index in [1.54, 1.807) is 30.3 Å². The highest BCUT2D eigenvalue weighted by Crippen LogP contribution is 2.21. The summed E-state index contributed by atoms with van der Waals surface area (Å²) in [6, 6.07) is 10.7. The number of piperazine rings is 1. The Labute approximate surface area is 191 Å². The van der Waals surface area contributed by atoms with E-state index in [1.807, 2.05) is 13.8 Å². The minimum Gasteiger partial charge on any atom is -0.484 e. The van der Waals surface area contributed by atoms with Crippen molar-refractivity contribution >= 4 is 16.1 Å². The Bertz CT molecular complexity index is 1100. The number of benzene rings is 2. The SMILES string of the molecule is Cc1ccc(S(=O)(=O)N2CCN(C(=O)NCc3cccc(OCC(F)(F)F)c3)CC2)cc1C. The van der Waals surface area contributed by atoms with Crippen molar-refractivity contribution in [1.29, 1.82) is 0 Å². The van der Waals surface area contributed by atoms with E-state index in [2.05, 4.69) is 5.32 Å². The topological polar surface area (TPSA) is 79.0 Å². The molecular formula is C22H26F3N3O4S. The van der Waals surface area contributed by atoms with Gasteiger partial charge in [-0.3, -0.25) is 0 Å². The number of nitrogens with zero attached hydrogens (tertiary/aromatic N) is 2. The van der Waals surface area contributed by atoms with Gasteiger partial charge in [-0.2, -0.15) is 17.5 Å². The molecule has 1 aliphatic heterocycles. The third-order valence-corrected chi connectivity index (χ3v) is 7.28. The normalized spacial score (nSPS) is 15.4. The Morgan fingerprint density at radius 2 is 1.73 bits per heavy atom. The molecule has 180 valence electrons. The van der Waals surface area contributed by atoms with E-state index < -0.39 is 22.8 Å². The van der Waals surface area contributed by atoms with Gasteiger partial charge in [-0.1, -0.05) is 18.2 Å². The van der Waals surface area contributed by atoms with E-state index in [4.69, 9.17) is 4.74 Å². The van der Waals surface area contributed by atoms with Crippen LogP contribution in [-0.2, 0) is 16.6 Å². The van der Waals surface area contributed by atoms with Gasteiger partial charge in [0.15, 0.2) is 6.61 Å². The molecule has 0 radical (unpaired) electrons. The molecule has 1 N–H and O–H groups in total. The van der Waals surface area contributed by atoms with Crippen LogP contribution in [-0.4, -0.2) is 62.6 Å². The highest BCUT2D eigenvalue weighted by Gasteiger charge is 2.30. The van der Waals surface area contributed by atoms with Crippen LogP contribution in [0.5, 0.6) is 5.75 Å². The van der Waals surface area contributed by atoms with Gasteiger partial charge in [0.05, 0.1) is 4.90 Å². The highest BCUT2D eigenvalue weighted by atomic mass is 32.2. The maximum atomic E-state index is 12.9. The molecule has 0 aromatic heterocycles. The van der Waals surface area contributed by atoms with Crippen molar-refractivity contribution < 1.29 is 31.1 Å². The van der Waals surface area contributed by atoms with Gasteiger partial charge in [0.25, 0.3) is 0 Å². The van der Waals surface area contributed by atoms with Gasteiger partial charge >= 0.3 is 12.2 Å². The number of rotatable bonds is 6. The molecule has 1 fully saturated rings. The van der Waals surface area contributed by atoms with E-state index in [1.165, 1.54) is 21.3 Å². The summed E-state index contributed by atoms with van der Waals surface area (Å²) >= 11 is 0. The molecule has 0 unspecified atom stereocenters. The second-order valence-electron chi connectivity index (χ2n) is 7.85. The largest absolute Gasteiger partial charge is 0.484 e. The number of hydrogen-bond donors (Lipinski definition) is 1. The average molecular weight is 486 g/mol. The summed E-state index contributed by atoms with van der Waals surface area (Å²) in [4.78, 5) is 14.2. The zero-order valence-corrected chi connectivity index (χ0v) is 19.2. The third-order valence-electron chi connectivity index (χ3n) is 5.39. The Morgan fingerprint density at radius 1 is 1.03 bits per heavy atom. The fraction of sp³-hybridized carbons (Fsp3) is 0.409. The number of aryl methyl sites for hydroxylation is 2. The van der Waals surface area contributed by atoms with E-state index in [-0.39, 0.29) is 49.4 Å². The third kappa shape index (κ3) is 6.61. The van der Waals surface area contributed by atoms with Crippen molar-refractivity contribution in [3.8, 4) is 5.75 Å². The Kier molecular flexibility index (Phi) is 7.53. The predicted octanol–water partition coefficient (Wildman–Crippen LogP) is 3.46. The lowest BCUT2D eigenvalue weighted by atomic mass is 10.1. The lowest BCUT2D eigenvalue weighted by Gasteiger charge is -2.34. The van der Waals surface area contributed by atoms with E-state index in [0.717, 1.165) is 11.1 Å². The van der Waals surface area contributed by atoms with Crippen molar-refractivity contribution in [3.05, 3.63) is 59.2 Å². The first kappa shape index (κ1) is 24.8. The van der Waals surface area contributed by atoms with Crippen LogP contribution in [0.4, 0.5) is 18.0 Å². The minimum absolute atomic E-state index is 0.0595. The van der Waals surface area contributed by atoms with Crippen molar-refractivity contribution in [1.82, 2.24) is 14.5 Å². The number of nitrogens with one attached hydrogen (secondary N) is 1. The first-order chi connectivity index (χ1) is 15.5. The number of hydrogen-bond acceptors (Lipinski definition) is 4. The molecule has 33 heavy (non-hydrogen) atoms. The first-order valence-electron chi connectivity index (χ1n) is 10.3. The molecule has 0 aliphatic carbocycles. The van der Waals surface area contributed by atoms with Crippen LogP contribution in [0.25, 0.3) is 0 Å². The number of alkyl halides is 3. The number of carbonyl (C=O) groups excluding carboxylic acids is 1. The summed E-state index contributed by atoms with van der Waals surface area (Å²) in [7, 11) is -3.65. The summed E-state index contributed by atoms with van der Waals surface area (Å²) in [5, 5.41) is 2.71. The van der Waals surface area contributed by atoms with Crippen molar-refractivity contribution in [2.45, 2.75) is 31.5 Å². The van der Waals surface area contributed by atoms with Gasteiger partial charge in [-0.25, -0.2) is 13.2 Å². The smallest absolute Gasteiger partial charge is 0.422 e. The second kappa shape index (κ2) is 10.0. The summed E-state index contributed by atoms with van der Waals surface area (Å²) in [6.45, 7) is 3.27. The summed E-state index contributed by atoms with van der Waals surface area (Å²) < 4.78 is 68.8. The van der Waals surface area contributed by atoms with Crippen LogP contribution in [0, 0.1) is 13.8 Å². The Morgan fingerprint density at radius 3 is 2.36 bits per heavy atom. The van der Waals surface area contributed by atoms with Crippen LogP contribution in [0.1, 0.15) is 16.7 Å². The summed E-state index contributed by atoms with van der Waals surface area (Å²) in [5.74, 6) is 0.0595. The van der Waals surface area contributed by atoms with Crippen molar-refractivity contribution in [3.63, 3.8) is 0 Å². The van der Waals surface area contributed by atoms with Crippen LogP contribution < -0.4 is 10.1 Å². The molecule has 2 aromatic carbocycles. The molecule has 2 amide bonds. The standard InChI is InChI=1S/C22H26F3N3O4S/c1-16-6-7-20(12-17(16)2)33(30,31)28-10-8-27(9-11-28)21(29)26-14-18-4-3-5-19(13-18)32-15-22(23,24)25/h3-7,12-13H,8-11,14-15H2,1-2H3,(H,26,29). The first-order valence-corrected chi connectivity index (χ1v) is 11.8. The van der Waals surface area contributed by atoms with Gasteiger partial charge < -0.3 is 15.0 Å². The molecule has 1 saturated heterocycles. The fourth-order valence-electron chi connectivity index (χ4n) is 3.35. The zero-order valence-electron chi connectivity index (χ0n) is 18.4. The van der Waals surface area contributed by atoms with Crippen LogP contribution >= 0.6 is 0 Å². The highest BCUT2D eigenvalue weighted by molar-refractivity contribution is 7.89. The lowest BCUT2D eigenvalue weighted by molar-refractivity contribution is -0.153. The lowest BCUT2D eigenvalue weighted by Crippen LogP contribution is -2.52. The van der Waals surface area contributed by atoms with Crippen LogP contribution in [0.3, 0.4) is 0 Å². The quantitative estimate of drug-likeness (QED) is 0.680. The van der Waals surface area contributed by atoms with Gasteiger partial charge in [-0.05, 0) is 54.8 Å². The number of halogens is 3. The van der Waals surface area contributed by atoms with Gasteiger partial charge in [0, 0.05) is 32.7 Å². The number of sulfonamides is 1. The molecule has 1 heterocycles. The van der Waals surface area contributed by atoms with E-state index in [9.17, 15) is 26.4 Å². The maximum Gasteiger partial charge on any atom is 0.422 e. The Balaban J connectivity index is 1.52. The number of ether oxygens (including phenoxy) is 1. The number of amides is 2. The van der Waals surface area contributed by atoms with Crippen molar-refractivity contribution in [2.75, 3.05) is 32.8 Å². The van der Waals surface area contributed by atoms with Crippen molar-refractivity contribution in [2.24, 2.45) is 0 Å². The average Bonchev–Trinajstić information content (AvgIpc) is 2.77. The molecule has 2 aromatic rings. The molecule has 7 nitrogen and oxygen atoms in total. The Hall–Kier alpha value is -2.79. The number of urea groups is 1. The fourth-order valence-corrected chi connectivity index (χ4v) is 4.86. The molecule has 0 atom stereocenters. The molecule has 3 rings (SSSR count). The summed E-state index contributed by atoms with van der Waals surface area (Å²) in [6.07, 6.45) is -4.43. The maximum absolute atomic E-state index is 12.9. The van der Waals surface area contributed by atoms with Crippen LogP contribution in [0.2, 0.25) is 0 Å². The van der Waals surface area contributed by atoms with Crippen LogP contribution in [0.15, 0.2) is 47.4 Å². The van der Waals surface area contributed by atoms with Gasteiger partial charge in [0.1, 0.15) is 5.75 Å². The molecule has 0 bridgehead atoms. The minimum atomic E-state index is -4.43. The molecule has 1 aliphatic rings.